The molecule has 2 heteroatoms. The molecule has 8 aromatic rings. The summed E-state index contributed by atoms with van der Waals surface area (Å²) in [5.41, 5.74) is 6.05. The van der Waals surface area contributed by atoms with Gasteiger partial charge in [-0.3, -0.25) is 0 Å². The molecule has 0 fully saturated rings. The number of hydrogen-bond acceptors (Lipinski definition) is 0. The van der Waals surface area contributed by atoms with E-state index in [-0.39, 0.29) is 0 Å². The Morgan fingerprint density at radius 2 is 1.11 bits per heavy atom. The molecular formula is C34H22N2. The third-order valence-electron chi connectivity index (χ3n) is 7.48. The first-order chi connectivity index (χ1) is 17.8. The molecule has 0 aliphatic heterocycles. The Hall–Kier alpha value is -4.82. The molecule has 0 aliphatic rings. The summed E-state index contributed by atoms with van der Waals surface area (Å²) in [6.07, 6.45) is 2.19. The van der Waals surface area contributed by atoms with Gasteiger partial charge in [0.05, 0.1) is 16.6 Å². The van der Waals surface area contributed by atoms with Gasteiger partial charge in [0.15, 0.2) is 0 Å². The molecule has 0 N–H and O–H groups in total. The molecule has 0 bridgehead atoms. The van der Waals surface area contributed by atoms with Gasteiger partial charge >= 0.3 is 0 Å². The maximum atomic E-state index is 2.44. The molecule has 0 atom stereocenters. The van der Waals surface area contributed by atoms with Crippen LogP contribution in [0.15, 0.2) is 134 Å². The van der Waals surface area contributed by atoms with Crippen molar-refractivity contribution in [3.05, 3.63) is 134 Å². The summed E-state index contributed by atoms with van der Waals surface area (Å²) >= 11 is 0. The largest absolute Gasteiger partial charge is 0.316 e. The fourth-order valence-corrected chi connectivity index (χ4v) is 5.82. The summed E-state index contributed by atoms with van der Waals surface area (Å²) < 4.78 is 4.72. The summed E-state index contributed by atoms with van der Waals surface area (Å²) in [6, 6.07) is 46.2. The topological polar surface area (TPSA) is 9.86 Å². The molecule has 0 saturated heterocycles. The Morgan fingerprint density at radius 1 is 0.389 bits per heavy atom. The number of para-hydroxylation sites is 2. The Morgan fingerprint density at radius 3 is 1.97 bits per heavy atom. The lowest BCUT2D eigenvalue weighted by Crippen LogP contribution is -1.95. The number of aromatic nitrogens is 2. The molecule has 2 aromatic heterocycles. The first-order valence-corrected chi connectivity index (χ1v) is 12.4. The number of rotatable bonds is 2. The van der Waals surface area contributed by atoms with E-state index in [2.05, 4.69) is 143 Å². The van der Waals surface area contributed by atoms with Crippen LogP contribution in [-0.4, -0.2) is 9.13 Å². The third kappa shape index (κ3) is 2.73. The van der Waals surface area contributed by atoms with Gasteiger partial charge in [0.1, 0.15) is 0 Å². The van der Waals surface area contributed by atoms with E-state index in [1.165, 1.54) is 65.6 Å². The van der Waals surface area contributed by atoms with Crippen LogP contribution in [0.4, 0.5) is 0 Å². The van der Waals surface area contributed by atoms with Crippen LogP contribution in [0.25, 0.3) is 65.6 Å². The molecule has 0 spiro atoms. The van der Waals surface area contributed by atoms with Gasteiger partial charge in [-0.25, -0.2) is 0 Å². The SMILES string of the molecule is c1ccc(-n2ccc3c2ccc2c4ccccc4n(-c4ccc5cc6ccccc6cc5c4)c23)cc1. The predicted molar refractivity (Wildman–Crippen MR) is 153 cm³/mol. The van der Waals surface area contributed by atoms with Gasteiger partial charge in [-0.15, -0.1) is 0 Å². The van der Waals surface area contributed by atoms with Crippen LogP contribution in [-0.2, 0) is 0 Å². The normalized spacial score (nSPS) is 11.9. The first kappa shape index (κ1) is 19.5. The number of hydrogen-bond donors (Lipinski definition) is 0. The van der Waals surface area contributed by atoms with Gasteiger partial charge in [0, 0.05) is 33.7 Å². The molecule has 0 saturated carbocycles. The second kappa shape index (κ2) is 7.34. The summed E-state index contributed by atoms with van der Waals surface area (Å²) in [5.74, 6) is 0. The Bertz CT molecular complexity index is 2090. The minimum absolute atomic E-state index is 1.17. The van der Waals surface area contributed by atoms with Crippen molar-refractivity contribution in [3.8, 4) is 11.4 Å². The molecule has 36 heavy (non-hydrogen) atoms. The molecule has 2 heterocycles. The molecule has 0 radical (unpaired) electrons. The third-order valence-corrected chi connectivity index (χ3v) is 7.48. The smallest absolute Gasteiger partial charge is 0.0635 e. The molecule has 0 aliphatic carbocycles. The molecule has 0 unspecified atom stereocenters. The van der Waals surface area contributed by atoms with E-state index in [1.807, 2.05) is 0 Å². The van der Waals surface area contributed by atoms with Crippen LogP contribution < -0.4 is 0 Å². The van der Waals surface area contributed by atoms with Crippen molar-refractivity contribution >= 4 is 54.3 Å². The van der Waals surface area contributed by atoms with E-state index in [0.717, 1.165) is 0 Å². The lowest BCUT2D eigenvalue weighted by molar-refractivity contribution is 1.13. The zero-order valence-corrected chi connectivity index (χ0v) is 19.6. The second-order valence-corrected chi connectivity index (χ2v) is 9.50. The standard InChI is InChI=1S/C34H22N2/c1-2-10-27(11-3-1)35-19-18-31-32(35)17-16-30-29-12-6-7-13-33(29)36(34(30)31)28-15-14-25-20-23-8-4-5-9-24(23)21-26(25)22-28/h1-22H. The minimum Gasteiger partial charge on any atom is -0.316 e. The van der Waals surface area contributed by atoms with Gasteiger partial charge in [-0.05, 0) is 76.1 Å². The van der Waals surface area contributed by atoms with Gasteiger partial charge in [0.2, 0.25) is 0 Å². The minimum atomic E-state index is 1.17. The molecule has 2 nitrogen and oxygen atoms in total. The molecule has 0 amide bonds. The van der Waals surface area contributed by atoms with Crippen LogP contribution in [0.5, 0.6) is 0 Å². The van der Waals surface area contributed by atoms with Crippen molar-refractivity contribution in [2.75, 3.05) is 0 Å². The van der Waals surface area contributed by atoms with Crippen molar-refractivity contribution in [2.24, 2.45) is 0 Å². The summed E-state index contributed by atoms with van der Waals surface area (Å²) in [4.78, 5) is 0. The highest BCUT2D eigenvalue weighted by atomic mass is 15.0. The average Bonchev–Trinajstić information content (AvgIpc) is 3.51. The highest BCUT2D eigenvalue weighted by molar-refractivity contribution is 6.18. The maximum Gasteiger partial charge on any atom is 0.0635 e. The fourth-order valence-electron chi connectivity index (χ4n) is 5.82. The first-order valence-electron chi connectivity index (χ1n) is 12.4. The lowest BCUT2D eigenvalue weighted by atomic mass is 10.0. The number of benzene rings is 6. The zero-order chi connectivity index (χ0) is 23.6. The average molecular weight is 459 g/mol. The summed E-state index contributed by atoms with van der Waals surface area (Å²) in [6.45, 7) is 0. The Kier molecular flexibility index (Phi) is 3.97. The quantitative estimate of drug-likeness (QED) is 0.229. The van der Waals surface area contributed by atoms with Gasteiger partial charge < -0.3 is 9.13 Å². The highest BCUT2D eigenvalue weighted by Gasteiger charge is 2.17. The van der Waals surface area contributed by atoms with Gasteiger partial charge in [-0.2, -0.15) is 0 Å². The fraction of sp³-hybridized carbons (Fsp3) is 0. The van der Waals surface area contributed by atoms with Crippen LogP contribution >= 0.6 is 0 Å². The van der Waals surface area contributed by atoms with E-state index in [1.54, 1.807) is 0 Å². The monoisotopic (exact) mass is 458 g/mol. The predicted octanol–water partition coefficient (Wildman–Crippen LogP) is 9.03. The number of fused-ring (bicyclic) bond motifs is 7. The van der Waals surface area contributed by atoms with Gasteiger partial charge in [0.25, 0.3) is 0 Å². The van der Waals surface area contributed by atoms with Crippen molar-refractivity contribution in [1.29, 1.82) is 0 Å². The van der Waals surface area contributed by atoms with Crippen molar-refractivity contribution in [2.45, 2.75) is 0 Å². The Balaban J connectivity index is 1.47. The molecule has 6 aromatic carbocycles. The lowest BCUT2D eigenvalue weighted by Gasteiger charge is -2.11. The van der Waals surface area contributed by atoms with E-state index >= 15 is 0 Å². The number of nitrogens with zero attached hydrogens (tertiary/aromatic N) is 2. The summed E-state index contributed by atoms with van der Waals surface area (Å²) in [7, 11) is 0. The molecule has 168 valence electrons. The Labute approximate surface area is 208 Å². The molecular weight excluding hydrogens is 436 g/mol. The van der Waals surface area contributed by atoms with Crippen LogP contribution in [0.3, 0.4) is 0 Å². The van der Waals surface area contributed by atoms with Gasteiger partial charge in [-0.1, -0.05) is 72.8 Å². The van der Waals surface area contributed by atoms with Crippen LogP contribution in [0, 0.1) is 0 Å². The highest BCUT2D eigenvalue weighted by Crippen LogP contribution is 2.38. The van der Waals surface area contributed by atoms with E-state index < -0.39 is 0 Å². The maximum absolute atomic E-state index is 2.44. The van der Waals surface area contributed by atoms with Crippen LogP contribution in [0.2, 0.25) is 0 Å². The van der Waals surface area contributed by atoms with E-state index in [9.17, 15) is 0 Å². The molecule has 8 rings (SSSR count). The zero-order valence-electron chi connectivity index (χ0n) is 19.6. The van der Waals surface area contributed by atoms with E-state index in [0.29, 0.717) is 0 Å². The van der Waals surface area contributed by atoms with Crippen molar-refractivity contribution in [1.82, 2.24) is 9.13 Å². The van der Waals surface area contributed by atoms with Crippen LogP contribution in [0.1, 0.15) is 0 Å². The van der Waals surface area contributed by atoms with E-state index in [4.69, 9.17) is 0 Å². The second-order valence-electron chi connectivity index (χ2n) is 9.50. The van der Waals surface area contributed by atoms with Crippen molar-refractivity contribution < 1.29 is 0 Å². The van der Waals surface area contributed by atoms with Crippen molar-refractivity contribution in [3.63, 3.8) is 0 Å². The summed E-state index contributed by atoms with van der Waals surface area (Å²) in [5, 5.41) is 8.88.